The number of fused-ring (bicyclic) bond motifs is 1. The molecule has 7 heteroatoms. The molecule has 1 atom stereocenters. The number of hydrogen-bond acceptors (Lipinski definition) is 4. The molecule has 0 radical (unpaired) electrons. The SMILES string of the molecule is CCN(C(=O)c1ccn2ncc(Br)c2c1)C1C=CC(C#N)=CN1. The molecule has 0 saturated heterocycles. The van der Waals surface area contributed by atoms with E-state index in [0.717, 1.165) is 9.99 Å². The molecule has 0 bridgehead atoms. The molecule has 0 fully saturated rings. The zero-order valence-corrected chi connectivity index (χ0v) is 14.0. The van der Waals surface area contributed by atoms with Crippen LogP contribution in [-0.4, -0.2) is 33.1 Å². The summed E-state index contributed by atoms with van der Waals surface area (Å²) in [6, 6.07) is 5.62. The fourth-order valence-electron chi connectivity index (χ4n) is 2.45. The molecule has 23 heavy (non-hydrogen) atoms. The van der Waals surface area contributed by atoms with Gasteiger partial charge in [0, 0.05) is 24.5 Å². The Labute approximate surface area is 141 Å². The van der Waals surface area contributed by atoms with E-state index in [2.05, 4.69) is 32.4 Å². The average Bonchev–Trinajstić information content (AvgIpc) is 2.96. The predicted octanol–water partition coefficient (Wildman–Crippen LogP) is 2.45. The molecule has 0 aliphatic carbocycles. The average molecular weight is 372 g/mol. The second-order valence-electron chi connectivity index (χ2n) is 5.01. The van der Waals surface area contributed by atoms with E-state index < -0.39 is 0 Å². The number of dihydropyridines is 1. The Hall–Kier alpha value is -2.59. The zero-order chi connectivity index (χ0) is 16.4. The normalized spacial score (nSPS) is 16.6. The van der Waals surface area contributed by atoms with Crippen LogP contribution >= 0.6 is 15.9 Å². The van der Waals surface area contributed by atoms with E-state index in [4.69, 9.17) is 5.26 Å². The first kappa shape index (κ1) is 15.3. The third kappa shape index (κ3) is 2.85. The number of nitrogens with zero attached hydrogens (tertiary/aromatic N) is 4. The molecular formula is C16H14BrN5O. The van der Waals surface area contributed by atoms with Crippen LogP contribution in [0, 0.1) is 11.3 Å². The number of nitriles is 1. The number of carbonyl (C=O) groups is 1. The topological polar surface area (TPSA) is 73.4 Å². The maximum absolute atomic E-state index is 12.8. The van der Waals surface area contributed by atoms with Gasteiger partial charge in [-0.15, -0.1) is 0 Å². The summed E-state index contributed by atoms with van der Waals surface area (Å²) in [5.41, 5.74) is 1.96. The van der Waals surface area contributed by atoms with E-state index in [1.807, 2.05) is 19.1 Å². The number of hydrogen-bond donors (Lipinski definition) is 1. The summed E-state index contributed by atoms with van der Waals surface area (Å²) in [5.74, 6) is -0.0842. The van der Waals surface area contributed by atoms with Gasteiger partial charge in [0.1, 0.15) is 12.2 Å². The number of halogens is 1. The molecule has 1 N–H and O–H groups in total. The van der Waals surface area contributed by atoms with E-state index in [1.54, 1.807) is 40.2 Å². The van der Waals surface area contributed by atoms with Crippen LogP contribution in [0.4, 0.5) is 0 Å². The summed E-state index contributed by atoms with van der Waals surface area (Å²) in [6.07, 6.45) is 8.34. The molecule has 0 aromatic carbocycles. The van der Waals surface area contributed by atoms with Crippen molar-refractivity contribution in [3.05, 3.63) is 58.5 Å². The number of likely N-dealkylation sites (N-methyl/N-ethyl adjacent to an activating group) is 1. The summed E-state index contributed by atoms with van der Waals surface area (Å²) >= 11 is 3.43. The van der Waals surface area contributed by atoms with Crippen LogP contribution in [0.1, 0.15) is 17.3 Å². The lowest BCUT2D eigenvalue weighted by Gasteiger charge is -2.30. The van der Waals surface area contributed by atoms with Crippen molar-refractivity contribution < 1.29 is 4.79 Å². The molecule has 6 nitrogen and oxygen atoms in total. The van der Waals surface area contributed by atoms with E-state index in [0.29, 0.717) is 17.7 Å². The number of allylic oxidation sites excluding steroid dienone is 2. The first-order chi connectivity index (χ1) is 11.1. The van der Waals surface area contributed by atoms with Crippen molar-refractivity contribution >= 4 is 27.4 Å². The fourth-order valence-corrected chi connectivity index (χ4v) is 2.84. The van der Waals surface area contributed by atoms with Gasteiger partial charge in [-0.05, 0) is 47.1 Å². The summed E-state index contributed by atoms with van der Waals surface area (Å²) in [4.78, 5) is 14.5. The number of carbonyl (C=O) groups excluding carboxylic acids is 1. The minimum absolute atomic E-state index is 0.0842. The Kier molecular flexibility index (Phi) is 4.17. The molecule has 3 heterocycles. The van der Waals surface area contributed by atoms with Crippen LogP contribution in [-0.2, 0) is 0 Å². The van der Waals surface area contributed by atoms with Gasteiger partial charge in [0.25, 0.3) is 5.91 Å². The highest BCUT2D eigenvalue weighted by Gasteiger charge is 2.22. The summed E-state index contributed by atoms with van der Waals surface area (Å²) in [5, 5.41) is 16.1. The van der Waals surface area contributed by atoms with Gasteiger partial charge < -0.3 is 10.2 Å². The zero-order valence-electron chi connectivity index (χ0n) is 12.4. The molecule has 3 rings (SSSR count). The summed E-state index contributed by atoms with van der Waals surface area (Å²) in [6.45, 7) is 2.46. The lowest BCUT2D eigenvalue weighted by atomic mass is 10.1. The standard InChI is InChI=1S/C16H14BrN5O/c1-2-21(15-4-3-11(8-18)9-19-15)16(23)12-5-6-22-14(7-12)13(17)10-20-22/h3-7,9-10,15,19H,2H2,1H3. The highest BCUT2D eigenvalue weighted by Crippen LogP contribution is 2.20. The molecule has 1 amide bonds. The van der Waals surface area contributed by atoms with Crippen LogP contribution in [0.25, 0.3) is 5.52 Å². The summed E-state index contributed by atoms with van der Waals surface area (Å²) < 4.78 is 2.55. The van der Waals surface area contributed by atoms with Crippen molar-refractivity contribution in [1.29, 1.82) is 5.26 Å². The highest BCUT2D eigenvalue weighted by molar-refractivity contribution is 9.10. The molecule has 0 spiro atoms. The van der Waals surface area contributed by atoms with Gasteiger partial charge >= 0.3 is 0 Å². The number of nitrogens with one attached hydrogen (secondary N) is 1. The lowest BCUT2D eigenvalue weighted by molar-refractivity contribution is 0.0708. The number of amides is 1. The van der Waals surface area contributed by atoms with Crippen LogP contribution in [0.2, 0.25) is 0 Å². The van der Waals surface area contributed by atoms with Crippen LogP contribution < -0.4 is 5.32 Å². The number of pyridine rings is 1. The molecule has 0 saturated carbocycles. The summed E-state index contributed by atoms with van der Waals surface area (Å²) in [7, 11) is 0. The number of aromatic nitrogens is 2. The van der Waals surface area contributed by atoms with Crippen LogP contribution in [0.15, 0.2) is 52.9 Å². The van der Waals surface area contributed by atoms with Gasteiger partial charge in [-0.25, -0.2) is 4.52 Å². The largest absolute Gasteiger partial charge is 0.367 e. The minimum Gasteiger partial charge on any atom is -0.367 e. The van der Waals surface area contributed by atoms with Crippen molar-refractivity contribution in [1.82, 2.24) is 19.8 Å². The van der Waals surface area contributed by atoms with Crippen molar-refractivity contribution in [2.24, 2.45) is 0 Å². The Bertz CT molecular complexity index is 861. The minimum atomic E-state index is -0.269. The van der Waals surface area contributed by atoms with Gasteiger partial charge in [0.05, 0.1) is 21.8 Å². The van der Waals surface area contributed by atoms with Gasteiger partial charge in [-0.1, -0.05) is 0 Å². The predicted molar refractivity (Wildman–Crippen MR) is 89.4 cm³/mol. The second kappa shape index (κ2) is 6.26. The van der Waals surface area contributed by atoms with Crippen molar-refractivity contribution in [2.75, 3.05) is 6.54 Å². The second-order valence-corrected chi connectivity index (χ2v) is 5.87. The monoisotopic (exact) mass is 371 g/mol. The Morgan fingerprint density at radius 2 is 2.43 bits per heavy atom. The highest BCUT2D eigenvalue weighted by atomic mass is 79.9. The van der Waals surface area contributed by atoms with Gasteiger partial charge in [0.15, 0.2) is 0 Å². The number of rotatable bonds is 3. The Morgan fingerprint density at radius 3 is 3.09 bits per heavy atom. The molecule has 116 valence electrons. The third-order valence-electron chi connectivity index (χ3n) is 3.66. The smallest absolute Gasteiger partial charge is 0.255 e. The molecule has 1 aliphatic heterocycles. The van der Waals surface area contributed by atoms with E-state index in [1.165, 1.54) is 0 Å². The van der Waals surface area contributed by atoms with Gasteiger partial charge in [-0.2, -0.15) is 10.4 Å². The molecule has 1 aliphatic rings. The quantitative estimate of drug-likeness (QED) is 0.898. The molecule has 2 aromatic heterocycles. The molecule has 1 unspecified atom stereocenters. The van der Waals surface area contributed by atoms with Crippen LogP contribution in [0.5, 0.6) is 0 Å². The van der Waals surface area contributed by atoms with E-state index in [9.17, 15) is 4.79 Å². The van der Waals surface area contributed by atoms with Crippen molar-refractivity contribution in [3.8, 4) is 6.07 Å². The Morgan fingerprint density at radius 1 is 1.61 bits per heavy atom. The van der Waals surface area contributed by atoms with Gasteiger partial charge in [0.2, 0.25) is 0 Å². The Balaban J connectivity index is 1.87. The molecular weight excluding hydrogens is 358 g/mol. The fraction of sp³-hybridized carbons (Fsp3) is 0.188. The third-order valence-corrected chi connectivity index (χ3v) is 4.27. The van der Waals surface area contributed by atoms with Crippen molar-refractivity contribution in [2.45, 2.75) is 13.1 Å². The first-order valence-corrected chi connectivity index (χ1v) is 7.91. The van der Waals surface area contributed by atoms with Gasteiger partial charge in [-0.3, -0.25) is 4.79 Å². The lowest BCUT2D eigenvalue weighted by Crippen LogP contribution is -2.46. The van der Waals surface area contributed by atoms with E-state index in [-0.39, 0.29) is 12.1 Å². The van der Waals surface area contributed by atoms with Crippen molar-refractivity contribution in [3.63, 3.8) is 0 Å². The maximum Gasteiger partial charge on any atom is 0.255 e. The maximum atomic E-state index is 12.8. The molecule has 2 aromatic rings. The van der Waals surface area contributed by atoms with E-state index >= 15 is 0 Å². The first-order valence-electron chi connectivity index (χ1n) is 7.12. The van der Waals surface area contributed by atoms with Crippen LogP contribution in [0.3, 0.4) is 0 Å².